The lowest BCUT2D eigenvalue weighted by atomic mass is 10.0. The molecule has 0 aliphatic carbocycles. The lowest BCUT2D eigenvalue weighted by molar-refractivity contribution is 0.0579. The summed E-state index contributed by atoms with van der Waals surface area (Å²) in [5, 5.41) is 0. The molecule has 1 N–H and O–H groups in total. The quantitative estimate of drug-likeness (QED) is 0.789. The molecule has 0 spiro atoms. The maximum absolute atomic E-state index is 13.5. The first-order valence-corrected chi connectivity index (χ1v) is 5.13. The molecule has 1 atom stereocenters. The van der Waals surface area contributed by atoms with Crippen LogP contribution in [0, 0.1) is 11.6 Å². The van der Waals surface area contributed by atoms with Crippen molar-refractivity contribution in [2.75, 3.05) is 13.7 Å². The second kappa shape index (κ2) is 4.76. The van der Waals surface area contributed by atoms with Gasteiger partial charge in [0.15, 0.2) is 11.6 Å². The molecule has 1 aromatic rings. The molecule has 16 heavy (non-hydrogen) atoms. The van der Waals surface area contributed by atoms with E-state index in [2.05, 4.69) is 5.48 Å². The summed E-state index contributed by atoms with van der Waals surface area (Å²) in [5.41, 5.74) is 3.35. The van der Waals surface area contributed by atoms with Crippen molar-refractivity contribution in [3.63, 3.8) is 0 Å². The van der Waals surface area contributed by atoms with Crippen molar-refractivity contribution in [1.29, 1.82) is 0 Å². The van der Waals surface area contributed by atoms with E-state index in [1.54, 1.807) is 0 Å². The highest BCUT2D eigenvalue weighted by molar-refractivity contribution is 5.38. The zero-order chi connectivity index (χ0) is 11.5. The molecule has 2 rings (SSSR count). The fraction of sp³-hybridized carbons (Fsp3) is 0.455. The molecule has 0 bridgehead atoms. The maximum atomic E-state index is 13.5. The van der Waals surface area contributed by atoms with Gasteiger partial charge in [-0.2, -0.15) is 9.87 Å². The van der Waals surface area contributed by atoms with E-state index < -0.39 is 11.6 Å². The van der Waals surface area contributed by atoms with Crippen molar-refractivity contribution in [3.8, 4) is 5.75 Å². The lowest BCUT2D eigenvalue weighted by Crippen LogP contribution is -2.19. The Hall–Kier alpha value is -1.20. The predicted octanol–water partition coefficient (Wildman–Crippen LogP) is 2.33. The summed E-state index contributed by atoms with van der Waals surface area (Å²) in [6.07, 6.45) is 1.52. The summed E-state index contributed by atoms with van der Waals surface area (Å²) in [6.45, 7) is 0.384. The fourth-order valence-electron chi connectivity index (χ4n) is 1.85. The first kappa shape index (κ1) is 11.3. The van der Waals surface area contributed by atoms with Crippen molar-refractivity contribution in [3.05, 3.63) is 29.3 Å². The van der Waals surface area contributed by atoms with Gasteiger partial charge in [-0.15, -0.1) is 0 Å². The number of hydrogen-bond donors (Lipinski definition) is 1. The average Bonchev–Trinajstić information content (AvgIpc) is 2.48. The van der Waals surface area contributed by atoms with E-state index in [0.29, 0.717) is 12.2 Å². The second-order valence-corrected chi connectivity index (χ2v) is 3.64. The minimum absolute atomic E-state index is 0.00736. The second-order valence-electron chi connectivity index (χ2n) is 3.64. The minimum atomic E-state index is -0.928. The molecule has 1 aliphatic rings. The highest BCUT2D eigenvalue weighted by Gasteiger charge is 2.24. The smallest absolute Gasteiger partial charge is 0.200 e. The molecule has 0 radical (unpaired) electrons. The van der Waals surface area contributed by atoms with Gasteiger partial charge in [0.2, 0.25) is 5.82 Å². The average molecular weight is 229 g/mol. The van der Waals surface area contributed by atoms with Crippen LogP contribution in [-0.2, 0) is 4.84 Å². The van der Waals surface area contributed by atoms with Gasteiger partial charge in [-0.25, -0.2) is 4.39 Å². The van der Waals surface area contributed by atoms with E-state index in [4.69, 9.17) is 9.57 Å². The van der Waals surface area contributed by atoms with Gasteiger partial charge in [0, 0.05) is 5.56 Å². The standard InChI is InChI=1S/C11H13F2NO2/c1-15-14-9-3-2-6-16-11-7(9)4-5-8(12)10(11)13/h4-5,9,14H,2-3,6H2,1H3. The Balaban J connectivity index is 2.42. The maximum Gasteiger partial charge on any atom is 0.200 e. The third-order valence-corrected chi connectivity index (χ3v) is 2.60. The largest absolute Gasteiger partial charge is 0.490 e. The van der Waals surface area contributed by atoms with Crippen LogP contribution in [0.5, 0.6) is 5.75 Å². The van der Waals surface area contributed by atoms with Crippen LogP contribution in [0.4, 0.5) is 8.78 Å². The predicted molar refractivity (Wildman–Crippen MR) is 54.0 cm³/mol. The number of hydrogen-bond acceptors (Lipinski definition) is 3. The number of nitrogens with one attached hydrogen (secondary N) is 1. The SMILES string of the molecule is CONC1CCCOc2c1ccc(F)c2F. The summed E-state index contributed by atoms with van der Waals surface area (Å²) in [6, 6.07) is 2.46. The van der Waals surface area contributed by atoms with Crippen LogP contribution in [0.2, 0.25) is 0 Å². The highest BCUT2D eigenvalue weighted by atomic mass is 19.2. The van der Waals surface area contributed by atoms with Crippen LogP contribution < -0.4 is 10.2 Å². The topological polar surface area (TPSA) is 30.5 Å². The molecule has 1 aromatic carbocycles. The fourth-order valence-corrected chi connectivity index (χ4v) is 1.85. The van der Waals surface area contributed by atoms with Gasteiger partial charge in [-0.1, -0.05) is 6.07 Å². The van der Waals surface area contributed by atoms with Crippen molar-refractivity contribution in [2.45, 2.75) is 18.9 Å². The Morgan fingerprint density at radius 1 is 1.44 bits per heavy atom. The molecule has 0 saturated carbocycles. The van der Waals surface area contributed by atoms with E-state index in [1.165, 1.54) is 13.2 Å². The number of ether oxygens (including phenoxy) is 1. The number of hydroxylamine groups is 1. The Labute approximate surface area is 92.3 Å². The van der Waals surface area contributed by atoms with E-state index in [-0.39, 0.29) is 11.8 Å². The molecule has 0 aromatic heterocycles. The zero-order valence-corrected chi connectivity index (χ0v) is 8.93. The number of rotatable bonds is 2. The van der Waals surface area contributed by atoms with Gasteiger partial charge >= 0.3 is 0 Å². The molecule has 1 heterocycles. The molecule has 1 aliphatic heterocycles. The van der Waals surface area contributed by atoms with E-state index in [0.717, 1.165) is 18.9 Å². The first-order valence-electron chi connectivity index (χ1n) is 5.13. The molecular formula is C11H13F2NO2. The molecule has 0 amide bonds. The van der Waals surface area contributed by atoms with Gasteiger partial charge in [-0.05, 0) is 18.9 Å². The molecule has 1 unspecified atom stereocenters. The number of fused-ring (bicyclic) bond motifs is 1. The molecular weight excluding hydrogens is 216 g/mol. The van der Waals surface area contributed by atoms with Crippen molar-refractivity contribution in [2.24, 2.45) is 0 Å². The van der Waals surface area contributed by atoms with Crippen LogP contribution in [0.1, 0.15) is 24.4 Å². The Kier molecular flexibility index (Phi) is 3.36. The number of benzene rings is 1. The van der Waals surface area contributed by atoms with Crippen LogP contribution >= 0.6 is 0 Å². The summed E-state index contributed by atoms with van der Waals surface area (Å²) < 4.78 is 31.8. The lowest BCUT2D eigenvalue weighted by Gasteiger charge is -2.16. The van der Waals surface area contributed by atoms with Crippen molar-refractivity contribution >= 4 is 0 Å². The van der Waals surface area contributed by atoms with Gasteiger partial charge in [0.05, 0.1) is 19.8 Å². The third-order valence-electron chi connectivity index (χ3n) is 2.60. The monoisotopic (exact) mass is 229 g/mol. The van der Waals surface area contributed by atoms with Crippen molar-refractivity contribution < 1.29 is 18.4 Å². The molecule has 5 heteroatoms. The summed E-state index contributed by atoms with van der Waals surface area (Å²) in [4.78, 5) is 4.84. The summed E-state index contributed by atoms with van der Waals surface area (Å²) >= 11 is 0. The van der Waals surface area contributed by atoms with E-state index in [1.807, 2.05) is 0 Å². The molecule has 3 nitrogen and oxygen atoms in total. The minimum Gasteiger partial charge on any atom is -0.490 e. The van der Waals surface area contributed by atoms with Gasteiger partial charge < -0.3 is 9.57 Å². The van der Waals surface area contributed by atoms with Gasteiger partial charge in [0.1, 0.15) is 0 Å². The molecule has 88 valence electrons. The van der Waals surface area contributed by atoms with Crippen LogP contribution in [0.25, 0.3) is 0 Å². The highest BCUT2D eigenvalue weighted by Crippen LogP contribution is 2.34. The van der Waals surface area contributed by atoms with E-state index >= 15 is 0 Å². The summed E-state index contributed by atoms with van der Waals surface area (Å²) in [5.74, 6) is -1.83. The van der Waals surface area contributed by atoms with Crippen molar-refractivity contribution in [1.82, 2.24) is 5.48 Å². The normalized spacial score (nSPS) is 19.8. The van der Waals surface area contributed by atoms with E-state index in [9.17, 15) is 8.78 Å². The van der Waals surface area contributed by atoms with Gasteiger partial charge in [-0.3, -0.25) is 0 Å². The van der Waals surface area contributed by atoms with Crippen LogP contribution in [0.3, 0.4) is 0 Å². The Bertz CT molecular complexity index is 384. The van der Waals surface area contributed by atoms with Crippen LogP contribution in [-0.4, -0.2) is 13.7 Å². The third kappa shape index (κ3) is 2.01. The zero-order valence-electron chi connectivity index (χ0n) is 8.93. The molecule has 0 saturated heterocycles. The first-order chi connectivity index (χ1) is 7.74. The number of halogens is 2. The van der Waals surface area contributed by atoms with Crippen LogP contribution in [0.15, 0.2) is 12.1 Å². The Morgan fingerprint density at radius 3 is 3.00 bits per heavy atom. The van der Waals surface area contributed by atoms with Gasteiger partial charge in [0.25, 0.3) is 0 Å². The Morgan fingerprint density at radius 2 is 2.25 bits per heavy atom. The molecule has 0 fully saturated rings. The summed E-state index contributed by atoms with van der Waals surface area (Å²) in [7, 11) is 1.49.